The van der Waals surface area contributed by atoms with Crippen molar-refractivity contribution >= 4 is 11.8 Å². The number of carbonyl (C=O) groups is 1. The van der Waals surface area contributed by atoms with Gasteiger partial charge in [-0.25, -0.2) is 4.79 Å². The molecule has 1 aliphatic rings. The quantitative estimate of drug-likeness (QED) is 0.568. The Morgan fingerprint density at radius 3 is 2.64 bits per heavy atom. The summed E-state index contributed by atoms with van der Waals surface area (Å²) in [6.45, 7) is 3.13. The number of aliphatic hydroxyl groups is 1. The minimum Gasteiger partial charge on any atom is -0.490 e. The zero-order chi connectivity index (χ0) is 16.7. The monoisotopic (exact) mass is 312 g/mol. The van der Waals surface area contributed by atoms with E-state index in [-0.39, 0.29) is 22.7 Å². The fraction of sp³-hybridized carbons (Fsp3) is 0.462. The van der Waals surface area contributed by atoms with Gasteiger partial charge in [-0.15, -0.1) is 0 Å². The van der Waals surface area contributed by atoms with E-state index < -0.39 is 28.8 Å². The number of rotatable bonds is 3. The molecule has 9 heteroatoms. The number of amides is 1. The number of methoxy groups -OCH3 is 1. The molecule has 2 rings (SSSR count). The molecule has 120 valence electrons. The molecule has 0 bridgehead atoms. The van der Waals surface area contributed by atoms with E-state index in [0.717, 1.165) is 0 Å². The molecule has 2 atom stereocenters. The summed E-state index contributed by atoms with van der Waals surface area (Å²) >= 11 is 0. The maximum absolute atomic E-state index is 11.1. The molecule has 0 saturated heterocycles. The van der Waals surface area contributed by atoms with Gasteiger partial charge in [-0.3, -0.25) is 10.1 Å². The van der Waals surface area contributed by atoms with Crippen molar-refractivity contribution in [1.82, 2.24) is 5.32 Å². The second-order valence-corrected chi connectivity index (χ2v) is 5.40. The number of nitro benzene ring substituents is 1. The highest BCUT2D eigenvalue weighted by Gasteiger charge is 2.44. The van der Waals surface area contributed by atoms with Gasteiger partial charge in [0.2, 0.25) is 0 Å². The summed E-state index contributed by atoms with van der Waals surface area (Å²) in [5.41, 5.74) is -1.15. The lowest BCUT2D eigenvalue weighted by Crippen LogP contribution is -2.53. The van der Waals surface area contributed by atoms with E-state index >= 15 is 0 Å². The van der Waals surface area contributed by atoms with Crippen LogP contribution in [-0.4, -0.2) is 40.0 Å². The summed E-state index contributed by atoms with van der Waals surface area (Å²) in [5.74, 6) is 0.0815. The third kappa shape index (κ3) is 2.62. The Labute approximate surface area is 125 Å². The van der Waals surface area contributed by atoms with Crippen molar-refractivity contribution in [1.29, 1.82) is 0 Å². The molecule has 0 radical (unpaired) electrons. The first-order valence-electron chi connectivity index (χ1n) is 6.40. The largest absolute Gasteiger partial charge is 0.490 e. The molecule has 22 heavy (non-hydrogen) atoms. The van der Waals surface area contributed by atoms with Crippen LogP contribution in [0.2, 0.25) is 0 Å². The van der Waals surface area contributed by atoms with Gasteiger partial charge in [-0.05, 0) is 19.9 Å². The van der Waals surface area contributed by atoms with Crippen LogP contribution in [0.15, 0.2) is 12.1 Å². The second kappa shape index (κ2) is 5.34. The number of fused-ring (bicyclic) bond motifs is 1. The van der Waals surface area contributed by atoms with Crippen LogP contribution in [0.5, 0.6) is 11.5 Å². The number of nitro groups is 1. The van der Waals surface area contributed by atoms with E-state index in [1.807, 2.05) is 0 Å². The molecule has 0 aromatic heterocycles. The molecular weight excluding hydrogens is 296 g/mol. The van der Waals surface area contributed by atoms with Gasteiger partial charge in [-0.1, -0.05) is 0 Å². The lowest BCUT2D eigenvalue weighted by atomic mass is 9.86. The number of carboxylic acid groups (broad SMARTS) is 1. The SMILES string of the molecule is COc1cc2c(cc1[N+](=O)[O-])OC(C)(C)[C@H](O)[C@H]2NC(=O)O. The van der Waals surface area contributed by atoms with Gasteiger partial charge in [0, 0.05) is 5.56 Å². The Bertz CT molecular complexity index is 629. The number of nitrogens with zero attached hydrogens (tertiary/aromatic N) is 1. The number of aliphatic hydroxyl groups excluding tert-OH is 1. The molecule has 0 saturated carbocycles. The molecule has 1 heterocycles. The Balaban J connectivity index is 2.62. The Morgan fingerprint density at radius 1 is 1.50 bits per heavy atom. The normalized spacial score (nSPS) is 22.2. The number of benzene rings is 1. The van der Waals surface area contributed by atoms with Gasteiger partial charge in [-0.2, -0.15) is 0 Å². The van der Waals surface area contributed by atoms with Crippen molar-refractivity contribution < 1.29 is 29.4 Å². The van der Waals surface area contributed by atoms with Crippen LogP contribution < -0.4 is 14.8 Å². The minimum atomic E-state index is -1.33. The first-order valence-corrected chi connectivity index (χ1v) is 6.40. The highest BCUT2D eigenvalue weighted by molar-refractivity contribution is 5.67. The van der Waals surface area contributed by atoms with Gasteiger partial charge in [0.05, 0.1) is 24.1 Å². The summed E-state index contributed by atoms with van der Waals surface area (Å²) < 4.78 is 10.5. The first kappa shape index (κ1) is 15.8. The maximum Gasteiger partial charge on any atom is 0.405 e. The predicted molar refractivity (Wildman–Crippen MR) is 74.3 cm³/mol. The minimum absolute atomic E-state index is 0.0450. The lowest BCUT2D eigenvalue weighted by Gasteiger charge is -2.41. The highest BCUT2D eigenvalue weighted by atomic mass is 16.6. The van der Waals surface area contributed by atoms with E-state index in [0.29, 0.717) is 0 Å². The van der Waals surface area contributed by atoms with Crippen molar-refractivity contribution in [3.63, 3.8) is 0 Å². The zero-order valence-electron chi connectivity index (χ0n) is 12.2. The zero-order valence-corrected chi connectivity index (χ0v) is 12.2. The second-order valence-electron chi connectivity index (χ2n) is 5.40. The fourth-order valence-corrected chi connectivity index (χ4v) is 2.41. The summed E-state index contributed by atoms with van der Waals surface area (Å²) in [6.07, 6.45) is -2.51. The molecule has 1 aliphatic heterocycles. The standard InChI is InChI=1S/C13H16N2O7/c1-13(2)11(16)10(14-12(17)18)6-4-9(21-3)7(15(19)20)5-8(6)22-13/h4-5,10-11,14,16H,1-3H3,(H,17,18)/t10-,11+/m0/s1. The van der Waals surface area contributed by atoms with E-state index in [1.165, 1.54) is 19.2 Å². The number of hydrogen-bond donors (Lipinski definition) is 3. The third-order valence-electron chi connectivity index (χ3n) is 3.52. The van der Waals surface area contributed by atoms with Crippen molar-refractivity contribution in [2.75, 3.05) is 7.11 Å². The van der Waals surface area contributed by atoms with Crippen molar-refractivity contribution in [2.45, 2.75) is 31.6 Å². The molecule has 1 amide bonds. The van der Waals surface area contributed by atoms with E-state index in [4.69, 9.17) is 14.6 Å². The molecule has 0 unspecified atom stereocenters. The van der Waals surface area contributed by atoms with Crippen LogP contribution in [-0.2, 0) is 0 Å². The Morgan fingerprint density at radius 2 is 2.14 bits per heavy atom. The average Bonchev–Trinajstić information content (AvgIpc) is 2.42. The summed E-state index contributed by atoms with van der Waals surface area (Å²) in [4.78, 5) is 21.4. The van der Waals surface area contributed by atoms with Crippen LogP contribution in [0.4, 0.5) is 10.5 Å². The summed E-state index contributed by atoms with van der Waals surface area (Å²) in [7, 11) is 1.26. The molecule has 0 spiro atoms. The molecule has 1 aromatic rings. The summed E-state index contributed by atoms with van der Waals surface area (Å²) in [5, 5.41) is 32.5. The fourth-order valence-electron chi connectivity index (χ4n) is 2.41. The smallest absolute Gasteiger partial charge is 0.405 e. The van der Waals surface area contributed by atoms with E-state index in [2.05, 4.69) is 5.32 Å². The topological polar surface area (TPSA) is 131 Å². The molecule has 3 N–H and O–H groups in total. The van der Waals surface area contributed by atoms with Crippen molar-refractivity contribution in [2.24, 2.45) is 0 Å². The van der Waals surface area contributed by atoms with Crippen LogP contribution in [0.25, 0.3) is 0 Å². The van der Waals surface area contributed by atoms with Crippen molar-refractivity contribution in [3.8, 4) is 11.5 Å². The molecule has 0 fully saturated rings. The Hall–Kier alpha value is -2.55. The van der Waals surface area contributed by atoms with Crippen LogP contribution in [0.3, 0.4) is 0 Å². The number of ether oxygens (including phenoxy) is 2. The molecule has 9 nitrogen and oxygen atoms in total. The van der Waals surface area contributed by atoms with Gasteiger partial charge in [0.15, 0.2) is 5.75 Å². The molecular formula is C13H16N2O7. The van der Waals surface area contributed by atoms with Gasteiger partial charge >= 0.3 is 11.8 Å². The van der Waals surface area contributed by atoms with Crippen molar-refractivity contribution in [3.05, 3.63) is 27.8 Å². The average molecular weight is 312 g/mol. The maximum atomic E-state index is 11.1. The highest BCUT2D eigenvalue weighted by Crippen LogP contribution is 2.44. The van der Waals surface area contributed by atoms with E-state index in [1.54, 1.807) is 13.8 Å². The predicted octanol–water partition coefficient (Wildman–Crippen LogP) is 1.44. The summed E-state index contributed by atoms with van der Waals surface area (Å²) in [6, 6.07) is 1.47. The molecule has 1 aromatic carbocycles. The van der Waals surface area contributed by atoms with Gasteiger partial charge < -0.3 is 25.0 Å². The third-order valence-corrected chi connectivity index (χ3v) is 3.52. The number of hydrogen-bond acceptors (Lipinski definition) is 6. The van der Waals surface area contributed by atoms with Crippen LogP contribution in [0.1, 0.15) is 25.5 Å². The van der Waals surface area contributed by atoms with Crippen LogP contribution >= 0.6 is 0 Å². The van der Waals surface area contributed by atoms with Gasteiger partial charge in [0.1, 0.15) is 17.5 Å². The van der Waals surface area contributed by atoms with Gasteiger partial charge in [0.25, 0.3) is 0 Å². The van der Waals surface area contributed by atoms with Crippen LogP contribution in [0, 0.1) is 10.1 Å². The first-order chi connectivity index (χ1) is 10.2. The lowest BCUT2D eigenvalue weighted by molar-refractivity contribution is -0.385. The molecule has 0 aliphatic carbocycles. The number of nitrogens with one attached hydrogen (secondary N) is 1. The Kier molecular flexibility index (Phi) is 3.84. The van der Waals surface area contributed by atoms with E-state index in [9.17, 15) is 20.0 Å².